The smallest absolute Gasteiger partial charge is 0.266 e. The molecule has 0 bridgehead atoms. The summed E-state index contributed by atoms with van der Waals surface area (Å²) in [5.41, 5.74) is 2.15. The Morgan fingerprint density at radius 2 is 2.00 bits per heavy atom. The Balaban J connectivity index is 0.00000145. The molecule has 0 saturated carbocycles. The lowest BCUT2D eigenvalue weighted by molar-refractivity contribution is 0.226. The van der Waals surface area contributed by atoms with E-state index in [1.807, 2.05) is 39.0 Å². The van der Waals surface area contributed by atoms with Crippen molar-refractivity contribution in [1.29, 1.82) is 0 Å². The van der Waals surface area contributed by atoms with Gasteiger partial charge in [0.2, 0.25) is 0 Å². The first-order valence-electron chi connectivity index (χ1n) is 10.1. The van der Waals surface area contributed by atoms with Crippen LogP contribution in [0.15, 0.2) is 54.1 Å². The van der Waals surface area contributed by atoms with Crippen molar-refractivity contribution >= 4 is 16.6 Å². The number of aryl methyl sites for hydroxylation is 1. The van der Waals surface area contributed by atoms with Crippen LogP contribution in [0.5, 0.6) is 0 Å². The van der Waals surface area contributed by atoms with Crippen LogP contribution in [-0.4, -0.2) is 47.7 Å². The standard InChI is InChI=1S/C21H26N4O2.C2H6/c1-5-6-19(16(3)27-4)25-20(14-24-11-9-22-10-12-24)23-18-8-7-15(2)13-17(18)21(25)26;1-2/h5-8,13,22H,1,3,9-12,14H2,2,4H3;1-2H3/b19-6+;. The van der Waals surface area contributed by atoms with E-state index in [2.05, 4.69) is 23.4 Å². The Kier molecular flexibility index (Phi) is 8.36. The number of nitrogens with one attached hydrogen (secondary N) is 1. The Morgan fingerprint density at radius 3 is 2.62 bits per heavy atom. The van der Waals surface area contributed by atoms with Gasteiger partial charge < -0.3 is 10.1 Å². The molecule has 1 aliphatic rings. The third-order valence-electron chi connectivity index (χ3n) is 4.72. The average Bonchev–Trinajstić information content (AvgIpc) is 2.75. The van der Waals surface area contributed by atoms with Crippen molar-refractivity contribution in [3.63, 3.8) is 0 Å². The van der Waals surface area contributed by atoms with E-state index in [0.29, 0.717) is 34.7 Å². The fourth-order valence-corrected chi connectivity index (χ4v) is 3.28. The minimum atomic E-state index is -0.125. The molecule has 0 unspecified atom stereocenters. The molecule has 6 nitrogen and oxygen atoms in total. The summed E-state index contributed by atoms with van der Waals surface area (Å²) in [7, 11) is 1.54. The van der Waals surface area contributed by atoms with Crippen molar-refractivity contribution in [2.45, 2.75) is 27.3 Å². The third-order valence-corrected chi connectivity index (χ3v) is 4.72. The largest absolute Gasteiger partial charge is 0.495 e. The molecule has 0 spiro atoms. The molecular weight excluding hydrogens is 364 g/mol. The van der Waals surface area contributed by atoms with Gasteiger partial charge in [0.25, 0.3) is 5.56 Å². The van der Waals surface area contributed by atoms with Gasteiger partial charge in [0, 0.05) is 26.2 Å². The average molecular weight is 397 g/mol. The maximum Gasteiger partial charge on any atom is 0.266 e. The number of allylic oxidation sites excluding steroid dienone is 3. The molecule has 1 fully saturated rings. The highest BCUT2D eigenvalue weighted by molar-refractivity contribution is 5.80. The molecule has 0 atom stereocenters. The second-order valence-corrected chi connectivity index (χ2v) is 6.63. The van der Waals surface area contributed by atoms with Crippen molar-refractivity contribution in [3.05, 3.63) is 71.0 Å². The van der Waals surface area contributed by atoms with Crippen LogP contribution in [0, 0.1) is 6.92 Å². The summed E-state index contributed by atoms with van der Waals surface area (Å²) >= 11 is 0. The number of rotatable bonds is 6. The van der Waals surface area contributed by atoms with Crippen LogP contribution in [0.4, 0.5) is 0 Å². The molecular formula is C23H32N4O2. The molecule has 3 rings (SSSR count). The molecule has 1 aliphatic heterocycles. The molecule has 2 heterocycles. The van der Waals surface area contributed by atoms with E-state index in [-0.39, 0.29) is 5.56 Å². The molecule has 29 heavy (non-hydrogen) atoms. The highest BCUT2D eigenvalue weighted by Gasteiger charge is 2.20. The molecule has 0 aliphatic carbocycles. The topological polar surface area (TPSA) is 59.4 Å². The van der Waals surface area contributed by atoms with Crippen LogP contribution >= 0.6 is 0 Å². The maximum atomic E-state index is 13.4. The summed E-state index contributed by atoms with van der Waals surface area (Å²) in [4.78, 5) is 20.5. The van der Waals surface area contributed by atoms with Crippen LogP contribution in [0.1, 0.15) is 25.2 Å². The second-order valence-electron chi connectivity index (χ2n) is 6.63. The monoisotopic (exact) mass is 396 g/mol. The van der Waals surface area contributed by atoms with Gasteiger partial charge in [-0.25, -0.2) is 4.98 Å². The first kappa shape index (κ1) is 22.6. The predicted molar refractivity (Wildman–Crippen MR) is 121 cm³/mol. The minimum absolute atomic E-state index is 0.125. The van der Waals surface area contributed by atoms with E-state index in [9.17, 15) is 4.79 Å². The van der Waals surface area contributed by atoms with E-state index < -0.39 is 0 Å². The van der Waals surface area contributed by atoms with Crippen molar-refractivity contribution in [2.24, 2.45) is 0 Å². The lowest BCUT2D eigenvalue weighted by Crippen LogP contribution is -2.44. The summed E-state index contributed by atoms with van der Waals surface area (Å²) in [6, 6.07) is 5.75. The van der Waals surface area contributed by atoms with Gasteiger partial charge in [0.05, 0.1) is 30.3 Å². The van der Waals surface area contributed by atoms with Gasteiger partial charge in [0.1, 0.15) is 11.6 Å². The summed E-state index contributed by atoms with van der Waals surface area (Å²) in [5.74, 6) is 1.07. The zero-order valence-corrected chi connectivity index (χ0v) is 18.0. The van der Waals surface area contributed by atoms with Crippen molar-refractivity contribution < 1.29 is 4.74 Å². The summed E-state index contributed by atoms with van der Waals surface area (Å²) < 4.78 is 6.94. The van der Waals surface area contributed by atoms with Crippen LogP contribution in [0.3, 0.4) is 0 Å². The second kappa shape index (κ2) is 10.7. The Morgan fingerprint density at radius 1 is 1.31 bits per heavy atom. The third kappa shape index (κ3) is 5.22. The van der Waals surface area contributed by atoms with Gasteiger partial charge in [0.15, 0.2) is 0 Å². The van der Waals surface area contributed by atoms with Gasteiger partial charge >= 0.3 is 0 Å². The Labute approximate surface area is 173 Å². The van der Waals surface area contributed by atoms with Gasteiger partial charge in [-0.3, -0.25) is 14.3 Å². The van der Waals surface area contributed by atoms with Gasteiger partial charge in [-0.2, -0.15) is 0 Å². The molecule has 0 radical (unpaired) electrons. The number of piperazine rings is 1. The molecule has 1 aromatic heterocycles. The molecule has 156 valence electrons. The van der Waals surface area contributed by atoms with Crippen LogP contribution in [-0.2, 0) is 11.3 Å². The number of methoxy groups -OCH3 is 1. The first-order valence-corrected chi connectivity index (χ1v) is 10.1. The number of benzene rings is 1. The van der Waals surface area contributed by atoms with Crippen molar-refractivity contribution in [2.75, 3.05) is 33.3 Å². The number of ether oxygens (including phenoxy) is 1. The van der Waals surface area contributed by atoms with Crippen molar-refractivity contribution in [3.8, 4) is 0 Å². The van der Waals surface area contributed by atoms with Gasteiger partial charge in [-0.15, -0.1) is 0 Å². The zero-order valence-electron chi connectivity index (χ0n) is 18.0. The van der Waals surface area contributed by atoms with Crippen molar-refractivity contribution in [1.82, 2.24) is 19.8 Å². The van der Waals surface area contributed by atoms with Gasteiger partial charge in [-0.1, -0.05) is 44.7 Å². The first-order chi connectivity index (χ1) is 14.0. The van der Waals surface area contributed by atoms with Gasteiger partial charge in [-0.05, 0) is 25.1 Å². The summed E-state index contributed by atoms with van der Waals surface area (Å²) in [6.07, 6.45) is 3.36. The number of aromatic nitrogens is 2. The highest BCUT2D eigenvalue weighted by atomic mass is 16.5. The number of fused-ring (bicyclic) bond motifs is 1. The lowest BCUT2D eigenvalue weighted by atomic mass is 10.1. The zero-order chi connectivity index (χ0) is 21.4. The minimum Gasteiger partial charge on any atom is -0.495 e. The molecule has 6 heteroatoms. The summed E-state index contributed by atoms with van der Waals surface area (Å²) in [5, 5.41) is 3.92. The van der Waals surface area contributed by atoms with E-state index in [1.54, 1.807) is 23.8 Å². The SMILES string of the molecule is C=C/C=C(\C(=C)OC)n1c(CN2CCNCC2)nc2ccc(C)cc2c1=O.CC. The predicted octanol–water partition coefficient (Wildman–Crippen LogP) is 3.32. The fourth-order valence-electron chi connectivity index (χ4n) is 3.28. The fraction of sp³-hybridized carbons (Fsp3) is 0.391. The Bertz CT molecular complexity index is 953. The normalized spacial score (nSPS) is 14.8. The molecule has 2 aromatic rings. The number of hydrogen-bond acceptors (Lipinski definition) is 5. The molecule has 1 N–H and O–H groups in total. The van der Waals surface area contributed by atoms with E-state index in [0.717, 1.165) is 31.7 Å². The van der Waals surface area contributed by atoms with E-state index >= 15 is 0 Å². The van der Waals surface area contributed by atoms with Crippen LogP contribution in [0.25, 0.3) is 16.6 Å². The molecule has 1 aromatic carbocycles. The number of hydrogen-bond donors (Lipinski definition) is 1. The Hall–Kier alpha value is -2.70. The lowest BCUT2D eigenvalue weighted by Gasteiger charge is -2.28. The molecule has 0 amide bonds. The highest BCUT2D eigenvalue weighted by Crippen LogP contribution is 2.20. The quantitative estimate of drug-likeness (QED) is 0.600. The van der Waals surface area contributed by atoms with E-state index in [4.69, 9.17) is 9.72 Å². The van der Waals surface area contributed by atoms with E-state index in [1.165, 1.54) is 0 Å². The molecule has 1 saturated heterocycles. The summed E-state index contributed by atoms with van der Waals surface area (Å²) in [6.45, 7) is 17.9. The van der Waals surface area contributed by atoms with Crippen LogP contribution in [0.2, 0.25) is 0 Å². The number of nitrogens with zero attached hydrogens (tertiary/aromatic N) is 3. The van der Waals surface area contributed by atoms with Crippen LogP contribution < -0.4 is 10.9 Å². The maximum absolute atomic E-state index is 13.4.